The quantitative estimate of drug-likeness (QED) is 0.661. The summed E-state index contributed by atoms with van der Waals surface area (Å²) in [6, 6.07) is 1.47. The molecule has 17 heavy (non-hydrogen) atoms. The molecule has 2 atom stereocenters. The third-order valence-electron chi connectivity index (χ3n) is 3.63. The van der Waals surface area contributed by atoms with E-state index in [4.69, 9.17) is 4.74 Å². The lowest BCUT2D eigenvalue weighted by molar-refractivity contribution is 0.101. The number of nitrogens with one attached hydrogen (secondary N) is 1. The molecule has 0 aromatic carbocycles. The van der Waals surface area contributed by atoms with E-state index in [1.54, 1.807) is 0 Å². The van der Waals surface area contributed by atoms with Crippen molar-refractivity contribution in [2.24, 2.45) is 0 Å². The molecule has 0 radical (unpaired) electrons. The van der Waals surface area contributed by atoms with Crippen LogP contribution in [0.25, 0.3) is 0 Å². The van der Waals surface area contributed by atoms with E-state index in [1.807, 2.05) is 0 Å². The van der Waals surface area contributed by atoms with E-state index in [0.29, 0.717) is 0 Å². The van der Waals surface area contributed by atoms with E-state index in [0.717, 1.165) is 25.3 Å². The Morgan fingerprint density at radius 2 is 2.18 bits per heavy atom. The molecule has 0 bridgehead atoms. The molecule has 102 valence electrons. The summed E-state index contributed by atoms with van der Waals surface area (Å²) in [7, 11) is 0. The lowest BCUT2D eigenvalue weighted by atomic mass is 9.98. The fourth-order valence-electron chi connectivity index (χ4n) is 2.60. The van der Waals surface area contributed by atoms with Gasteiger partial charge in [-0.25, -0.2) is 0 Å². The molecule has 1 aliphatic rings. The molecule has 1 saturated heterocycles. The summed E-state index contributed by atoms with van der Waals surface area (Å²) in [6.45, 7) is 12.0. The van der Waals surface area contributed by atoms with Gasteiger partial charge in [0, 0.05) is 31.8 Å². The fraction of sp³-hybridized carbons (Fsp3) is 1.00. The lowest BCUT2D eigenvalue weighted by Gasteiger charge is -2.38. The van der Waals surface area contributed by atoms with Crippen LogP contribution in [0.2, 0.25) is 0 Å². The van der Waals surface area contributed by atoms with Gasteiger partial charge in [-0.15, -0.1) is 0 Å². The number of hydrogen-bond acceptors (Lipinski definition) is 3. The van der Waals surface area contributed by atoms with E-state index in [-0.39, 0.29) is 0 Å². The van der Waals surface area contributed by atoms with Crippen molar-refractivity contribution in [1.82, 2.24) is 10.2 Å². The Morgan fingerprint density at radius 1 is 1.35 bits per heavy atom. The molecule has 1 aliphatic heterocycles. The fourth-order valence-corrected chi connectivity index (χ4v) is 2.60. The summed E-state index contributed by atoms with van der Waals surface area (Å²) in [5.74, 6) is 0. The Balaban J connectivity index is 2.14. The molecular weight excluding hydrogens is 212 g/mol. The summed E-state index contributed by atoms with van der Waals surface area (Å²) in [5.41, 5.74) is 0. The number of piperidine rings is 1. The highest BCUT2D eigenvalue weighted by atomic mass is 16.5. The predicted molar refractivity (Wildman–Crippen MR) is 73.5 cm³/mol. The normalized spacial score (nSPS) is 26.3. The van der Waals surface area contributed by atoms with Gasteiger partial charge in [0.15, 0.2) is 0 Å². The van der Waals surface area contributed by atoms with Crippen LogP contribution in [0.5, 0.6) is 0 Å². The summed E-state index contributed by atoms with van der Waals surface area (Å²) in [4.78, 5) is 2.61. The van der Waals surface area contributed by atoms with E-state index in [1.165, 1.54) is 45.3 Å². The second kappa shape index (κ2) is 8.90. The highest BCUT2D eigenvalue weighted by molar-refractivity contribution is 4.82. The van der Waals surface area contributed by atoms with Crippen LogP contribution in [0.15, 0.2) is 0 Å². The van der Waals surface area contributed by atoms with Crippen molar-refractivity contribution in [2.75, 3.05) is 32.8 Å². The van der Waals surface area contributed by atoms with Gasteiger partial charge in [0.1, 0.15) is 0 Å². The smallest absolute Gasteiger partial charge is 0.0478 e. The third-order valence-corrected chi connectivity index (χ3v) is 3.63. The topological polar surface area (TPSA) is 24.5 Å². The monoisotopic (exact) mass is 242 g/mol. The zero-order valence-electron chi connectivity index (χ0n) is 11.9. The maximum atomic E-state index is 5.40. The highest BCUT2D eigenvalue weighted by Crippen LogP contribution is 2.17. The molecule has 0 aliphatic carbocycles. The lowest BCUT2D eigenvalue weighted by Crippen LogP contribution is -2.47. The van der Waals surface area contributed by atoms with Crippen molar-refractivity contribution < 1.29 is 4.74 Å². The molecule has 0 aromatic rings. The van der Waals surface area contributed by atoms with Crippen LogP contribution in [-0.4, -0.2) is 49.8 Å². The summed E-state index contributed by atoms with van der Waals surface area (Å²) in [5, 5.41) is 3.65. The average Bonchev–Trinajstić information content (AvgIpc) is 2.34. The van der Waals surface area contributed by atoms with Crippen molar-refractivity contribution in [2.45, 2.75) is 58.5 Å². The van der Waals surface area contributed by atoms with Crippen molar-refractivity contribution in [3.63, 3.8) is 0 Å². The van der Waals surface area contributed by atoms with Gasteiger partial charge in [0.05, 0.1) is 0 Å². The third kappa shape index (κ3) is 5.84. The van der Waals surface area contributed by atoms with E-state index < -0.39 is 0 Å². The maximum absolute atomic E-state index is 5.40. The number of likely N-dealkylation sites (tertiary alicyclic amines) is 1. The van der Waals surface area contributed by atoms with Gasteiger partial charge in [0.2, 0.25) is 0 Å². The van der Waals surface area contributed by atoms with Gasteiger partial charge < -0.3 is 15.0 Å². The molecule has 3 nitrogen and oxygen atoms in total. The largest absolute Gasteiger partial charge is 0.382 e. The van der Waals surface area contributed by atoms with Crippen LogP contribution in [0, 0.1) is 0 Å². The number of rotatable bonds is 8. The summed E-state index contributed by atoms with van der Waals surface area (Å²) < 4.78 is 5.40. The van der Waals surface area contributed by atoms with Crippen molar-refractivity contribution >= 4 is 0 Å². The Bertz CT molecular complexity index is 187. The molecule has 0 saturated carbocycles. The van der Waals surface area contributed by atoms with Crippen LogP contribution >= 0.6 is 0 Å². The van der Waals surface area contributed by atoms with Gasteiger partial charge in [-0.05, 0) is 52.6 Å². The molecular formula is C14H30N2O. The van der Waals surface area contributed by atoms with E-state index in [9.17, 15) is 0 Å². The minimum Gasteiger partial charge on any atom is -0.382 e. The first kappa shape index (κ1) is 14.9. The van der Waals surface area contributed by atoms with Crippen LogP contribution in [0.3, 0.4) is 0 Å². The molecule has 0 aromatic heterocycles. The molecule has 1 fully saturated rings. The van der Waals surface area contributed by atoms with Crippen molar-refractivity contribution in [3.8, 4) is 0 Å². The van der Waals surface area contributed by atoms with Crippen molar-refractivity contribution in [3.05, 3.63) is 0 Å². The first-order valence-electron chi connectivity index (χ1n) is 7.33. The van der Waals surface area contributed by atoms with E-state index in [2.05, 4.69) is 31.0 Å². The SMILES string of the molecule is CCCNC1CCN(CCCOCC)C(C)C1. The second-order valence-electron chi connectivity index (χ2n) is 5.11. The highest BCUT2D eigenvalue weighted by Gasteiger charge is 2.24. The molecule has 3 heteroatoms. The van der Waals surface area contributed by atoms with Gasteiger partial charge in [-0.2, -0.15) is 0 Å². The second-order valence-corrected chi connectivity index (χ2v) is 5.11. The first-order valence-corrected chi connectivity index (χ1v) is 7.33. The Kier molecular flexibility index (Phi) is 7.82. The zero-order valence-corrected chi connectivity index (χ0v) is 11.9. The number of hydrogen-bond donors (Lipinski definition) is 1. The van der Waals surface area contributed by atoms with Gasteiger partial charge in [-0.1, -0.05) is 6.92 Å². The molecule has 1 rings (SSSR count). The minimum absolute atomic E-state index is 0.722. The minimum atomic E-state index is 0.722. The Labute approximate surface area is 107 Å². The average molecular weight is 242 g/mol. The number of nitrogens with zero attached hydrogens (tertiary/aromatic N) is 1. The molecule has 0 amide bonds. The summed E-state index contributed by atoms with van der Waals surface area (Å²) >= 11 is 0. The predicted octanol–water partition coefficient (Wildman–Crippen LogP) is 2.27. The van der Waals surface area contributed by atoms with Crippen molar-refractivity contribution in [1.29, 1.82) is 0 Å². The van der Waals surface area contributed by atoms with Gasteiger partial charge in [0.25, 0.3) is 0 Å². The Morgan fingerprint density at radius 3 is 2.82 bits per heavy atom. The van der Waals surface area contributed by atoms with Crippen LogP contribution in [0.1, 0.15) is 46.5 Å². The molecule has 0 spiro atoms. The maximum Gasteiger partial charge on any atom is 0.0478 e. The standard InChI is InChI=1S/C14H30N2O/c1-4-8-15-14-7-10-16(13(3)12-14)9-6-11-17-5-2/h13-15H,4-12H2,1-3H3. The number of ether oxygens (including phenoxy) is 1. The zero-order chi connectivity index (χ0) is 12.5. The molecule has 1 N–H and O–H groups in total. The first-order chi connectivity index (χ1) is 8.27. The molecule has 1 heterocycles. The summed E-state index contributed by atoms with van der Waals surface area (Å²) in [6.07, 6.45) is 5.02. The Hall–Kier alpha value is -0.120. The van der Waals surface area contributed by atoms with Crippen LogP contribution in [0.4, 0.5) is 0 Å². The van der Waals surface area contributed by atoms with Gasteiger partial charge in [-0.3, -0.25) is 0 Å². The molecule has 2 unspecified atom stereocenters. The van der Waals surface area contributed by atoms with E-state index >= 15 is 0 Å². The van der Waals surface area contributed by atoms with Crippen LogP contribution < -0.4 is 5.32 Å². The van der Waals surface area contributed by atoms with Gasteiger partial charge >= 0.3 is 0 Å². The van der Waals surface area contributed by atoms with Crippen LogP contribution in [-0.2, 0) is 4.74 Å².